The number of esters is 1. The van der Waals surface area contributed by atoms with E-state index in [0.717, 1.165) is 6.26 Å². The van der Waals surface area contributed by atoms with Crippen LogP contribution in [0.2, 0.25) is 0 Å². The van der Waals surface area contributed by atoms with Crippen molar-refractivity contribution < 1.29 is 29.3 Å². The Morgan fingerprint density at radius 1 is 1.11 bits per heavy atom. The van der Waals surface area contributed by atoms with E-state index < -0.39 is 11.9 Å². The molecule has 0 aliphatic carbocycles. The van der Waals surface area contributed by atoms with Crippen molar-refractivity contribution in [1.82, 2.24) is 0 Å². The van der Waals surface area contributed by atoms with Crippen molar-refractivity contribution >= 4 is 17.9 Å². The lowest BCUT2D eigenvalue weighted by molar-refractivity contribution is -0.139. The monoisotopic (exact) mass is 258 g/mol. The summed E-state index contributed by atoms with van der Waals surface area (Å²) in [6, 6.07) is 0. The summed E-state index contributed by atoms with van der Waals surface area (Å²) in [5.41, 5.74) is 0. The number of carboxylic acid groups (broad SMARTS) is 2. The molecule has 0 saturated heterocycles. The molecule has 0 fully saturated rings. The molecule has 0 amide bonds. The minimum atomic E-state index is -0.870. The van der Waals surface area contributed by atoms with Crippen LogP contribution in [0.1, 0.15) is 32.6 Å². The number of carboxylic acids is 2. The number of unbranched alkanes of at least 4 members (excludes halogenated alkanes) is 1. The lowest BCUT2D eigenvalue weighted by atomic mass is 10.2. The highest BCUT2D eigenvalue weighted by molar-refractivity contribution is 5.82. The van der Waals surface area contributed by atoms with E-state index in [4.69, 9.17) is 10.2 Å². The number of hydrogen-bond acceptors (Lipinski definition) is 4. The van der Waals surface area contributed by atoms with E-state index in [0.29, 0.717) is 12.8 Å². The molecule has 6 heteroatoms. The van der Waals surface area contributed by atoms with Crippen LogP contribution in [-0.4, -0.2) is 28.1 Å². The minimum Gasteiger partial charge on any atom is -0.481 e. The van der Waals surface area contributed by atoms with Crippen LogP contribution in [-0.2, 0) is 19.1 Å². The average molecular weight is 258 g/mol. The van der Waals surface area contributed by atoms with Gasteiger partial charge < -0.3 is 14.9 Å². The molecule has 0 heterocycles. The maximum absolute atomic E-state index is 10.3. The van der Waals surface area contributed by atoms with Crippen LogP contribution < -0.4 is 0 Å². The predicted molar refractivity (Wildman–Crippen MR) is 64.8 cm³/mol. The zero-order valence-corrected chi connectivity index (χ0v) is 10.3. The summed E-state index contributed by atoms with van der Waals surface area (Å²) in [6.07, 6.45) is 5.04. The first kappa shape index (κ1) is 18.3. The van der Waals surface area contributed by atoms with Gasteiger partial charge >= 0.3 is 17.9 Å². The maximum Gasteiger partial charge on any atom is 0.335 e. The Kier molecular flexibility index (Phi) is 13.1. The molecule has 18 heavy (non-hydrogen) atoms. The summed E-state index contributed by atoms with van der Waals surface area (Å²) < 4.78 is 4.32. The van der Waals surface area contributed by atoms with E-state index in [1.165, 1.54) is 6.08 Å². The maximum atomic E-state index is 10.3. The normalized spacial score (nSPS) is 9.17. The van der Waals surface area contributed by atoms with Gasteiger partial charge in [0.1, 0.15) is 0 Å². The van der Waals surface area contributed by atoms with Gasteiger partial charge in [0.25, 0.3) is 0 Å². The smallest absolute Gasteiger partial charge is 0.335 e. The van der Waals surface area contributed by atoms with E-state index in [9.17, 15) is 14.4 Å². The Hall–Kier alpha value is -2.11. The van der Waals surface area contributed by atoms with Gasteiger partial charge in [-0.1, -0.05) is 12.7 Å². The van der Waals surface area contributed by atoms with Crippen LogP contribution in [0.15, 0.2) is 25.0 Å². The van der Waals surface area contributed by atoms with Crippen LogP contribution in [0.5, 0.6) is 0 Å². The molecule has 0 aliphatic heterocycles. The van der Waals surface area contributed by atoms with Crippen LogP contribution in [0.25, 0.3) is 0 Å². The third-order valence-electron chi connectivity index (χ3n) is 1.53. The number of carbonyl (C=O) groups excluding carboxylic acids is 1. The number of ether oxygens (including phenoxy) is 1. The first-order valence-corrected chi connectivity index (χ1v) is 5.31. The second-order valence-electron chi connectivity index (χ2n) is 3.10. The van der Waals surface area contributed by atoms with Gasteiger partial charge in [-0.05, 0) is 19.8 Å². The predicted octanol–water partition coefficient (Wildman–Crippen LogP) is 1.97. The lowest BCUT2D eigenvalue weighted by Gasteiger charge is -1.92. The molecule has 0 aromatic carbocycles. The fourth-order valence-corrected chi connectivity index (χ4v) is 0.810. The molecular weight excluding hydrogens is 240 g/mol. The zero-order chi connectivity index (χ0) is 14.4. The van der Waals surface area contributed by atoms with Crippen molar-refractivity contribution in [2.45, 2.75) is 32.6 Å². The third kappa shape index (κ3) is 19.5. The molecule has 0 aromatic heterocycles. The fourth-order valence-electron chi connectivity index (χ4n) is 0.810. The van der Waals surface area contributed by atoms with Gasteiger partial charge in [-0.25, -0.2) is 4.79 Å². The summed E-state index contributed by atoms with van der Waals surface area (Å²) in [6.45, 7) is 4.95. The molecule has 0 spiro atoms. The van der Waals surface area contributed by atoms with Crippen molar-refractivity contribution in [3.05, 3.63) is 25.0 Å². The van der Waals surface area contributed by atoms with Gasteiger partial charge in [0.15, 0.2) is 0 Å². The third-order valence-corrected chi connectivity index (χ3v) is 1.53. The number of carbonyl (C=O) groups is 3. The van der Waals surface area contributed by atoms with Crippen molar-refractivity contribution in [3.8, 4) is 0 Å². The fraction of sp³-hybridized carbons (Fsp3) is 0.417. The summed E-state index contributed by atoms with van der Waals surface area (Å²) in [4.78, 5) is 30.1. The van der Waals surface area contributed by atoms with Crippen molar-refractivity contribution in [2.24, 2.45) is 0 Å². The molecule has 0 saturated carbocycles. The van der Waals surface area contributed by atoms with E-state index in [1.807, 2.05) is 0 Å². The minimum absolute atomic E-state index is 0.0628. The van der Waals surface area contributed by atoms with Gasteiger partial charge in [-0.3, -0.25) is 9.59 Å². The van der Waals surface area contributed by atoms with Gasteiger partial charge in [-0.2, -0.15) is 0 Å². The molecule has 102 valence electrons. The first-order chi connectivity index (χ1) is 8.43. The second-order valence-corrected chi connectivity index (χ2v) is 3.10. The van der Waals surface area contributed by atoms with Crippen LogP contribution in [0.3, 0.4) is 0 Å². The quantitative estimate of drug-likeness (QED) is 0.313. The standard InChI is InChI=1S/C6H10O4.C6H8O2/c7-5(8)3-1-2-4-6(9)10;1-3-5-6(7)8-4-2/h1-4H2,(H,7,8)(H,9,10);3-5H,2H2,1H3. The van der Waals surface area contributed by atoms with Crippen LogP contribution in [0.4, 0.5) is 0 Å². The number of aliphatic carboxylic acids is 2. The molecule has 0 aliphatic rings. The summed E-state index contributed by atoms with van der Waals surface area (Å²) in [5.74, 6) is -2.13. The molecule has 2 N–H and O–H groups in total. The molecule has 0 atom stereocenters. The average Bonchev–Trinajstić information content (AvgIpc) is 2.25. The van der Waals surface area contributed by atoms with E-state index in [-0.39, 0.29) is 18.8 Å². The van der Waals surface area contributed by atoms with Crippen molar-refractivity contribution in [1.29, 1.82) is 0 Å². The Bertz CT molecular complexity index is 290. The molecule has 0 rings (SSSR count). The topological polar surface area (TPSA) is 101 Å². The number of allylic oxidation sites excluding steroid dienone is 1. The molecule has 0 unspecified atom stereocenters. The first-order valence-electron chi connectivity index (χ1n) is 5.31. The Balaban J connectivity index is 0. The summed E-state index contributed by atoms with van der Waals surface area (Å²) in [7, 11) is 0. The van der Waals surface area contributed by atoms with Gasteiger partial charge in [0.05, 0.1) is 6.26 Å². The van der Waals surface area contributed by atoms with Gasteiger partial charge in [0, 0.05) is 18.9 Å². The summed E-state index contributed by atoms with van der Waals surface area (Å²) >= 11 is 0. The SMILES string of the molecule is C=COC(=O)C=CC.O=C(O)CCCCC(=O)O. The Morgan fingerprint density at radius 3 is 1.83 bits per heavy atom. The van der Waals surface area contributed by atoms with E-state index in [2.05, 4.69) is 11.3 Å². The Morgan fingerprint density at radius 2 is 1.56 bits per heavy atom. The van der Waals surface area contributed by atoms with Crippen molar-refractivity contribution in [2.75, 3.05) is 0 Å². The van der Waals surface area contributed by atoms with Crippen molar-refractivity contribution in [3.63, 3.8) is 0 Å². The van der Waals surface area contributed by atoms with E-state index in [1.54, 1.807) is 13.0 Å². The largest absolute Gasteiger partial charge is 0.481 e. The zero-order valence-electron chi connectivity index (χ0n) is 10.3. The number of rotatable bonds is 7. The molecule has 6 nitrogen and oxygen atoms in total. The summed E-state index contributed by atoms with van der Waals surface area (Å²) in [5, 5.41) is 16.3. The van der Waals surface area contributed by atoms with Gasteiger partial charge in [-0.15, -0.1) is 0 Å². The number of hydrogen-bond donors (Lipinski definition) is 2. The molecule has 0 radical (unpaired) electrons. The lowest BCUT2D eigenvalue weighted by Crippen LogP contribution is -1.97. The highest BCUT2D eigenvalue weighted by Gasteiger charge is 1.99. The molecule has 0 aromatic rings. The second kappa shape index (κ2) is 13.0. The highest BCUT2D eigenvalue weighted by Crippen LogP contribution is 1.98. The highest BCUT2D eigenvalue weighted by atomic mass is 16.5. The van der Waals surface area contributed by atoms with Crippen LogP contribution >= 0.6 is 0 Å². The van der Waals surface area contributed by atoms with Crippen LogP contribution in [0, 0.1) is 0 Å². The molecular formula is C12H18O6. The molecule has 0 bridgehead atoms. The van der Waals surface area contributed by atoms with Gasteiger partial charge in [0.2, 0.25) is 0 Å². The Labute approximate surface area is 106 Å². The van der Waals surface area contributed by atoms with E-state index >= 15 is 0 Å².